The number of hydrogen-bond donors (Lipinski definition) is 2. The molecule has 0 saturated carbocycles. The molecule has 2 nitrogen and oxygen atoms in total. The van der Waals surface area contributed by atoms with Gasteiger partial charge in [0.05, 0.1) is 0 Å². The number of halogens is 1. The van der Waals surface area contributed by atoms with E-state index in [1.165, 1.54) is 9.35 Å². The van der Waals surface area contributed by atoms with Crippen LogP contribution in [0.4, 0.5) is 0 Å². The first-order chi connectivity index (χ1) is 6.92. The van der Waals surface area contributed by atoms with Gasteiger partial charge in [0, 0.05) is 15.4 Å². The summed E-state index contributed by atoms with van der Waals surface area (Å²) in [7, 11) is 0. The second-order valence-electron chi connectivity index (χ2n) is 5.02. The molecule has 1 aromatic rings. The first kappa shape index (κ1) is 13.2. The molecule has 1 atom stereocenters. The molecule has 0 radical (unpaired) electrons. The first-order valence-corrected chi connectivity index (χ1v) is 6.77. The highest BCUT2D eigenvalue weighted by Crippen LogP contribution is 2.27. The molecule has 1 unspecified atom stereocenters. The number of hydrazine groups is 1. The zero-order valence-electron chi connectivity index (χ0n) is 9.51. The number of hydrogen-bond acceptors (Lipinski definition) is 3. The Morgan fingerprint density at radius 2 is 2.20 bits per heavy atom. The summed E-state index contributed by atoms with van der Waals surface area (Å²) < 4.78 is 1.20. The Hall–Kier alpha value is 0.1000. The summed E-state index contributed by atoms with van der Waals surface area (Å²) in [4.78, 5) is 1.36. The topological polar surface area (TPSA) is 38.0 Å². The van der Waals surface area contributed by atoms with E-state index in [1.54, 1.807) is 11.3 Å². The van der Waals surface area contributed by atoms with Crippen molar-refractivity contribution in [2.45, 2.75) is 39.7 Å². The maximum absolute atomic E-state index is 5.59. The lowest BCUT2D eigenvalue weighted by molar-refractivity contribution is 0.309. The van der Waals surface area contributed by atoms with Gasteiger partial charge in [0.1, 0.15) is 0 Å². The van der Waals surface area contributed by atoms with E-state index in [1.807, 2.05) is 0 Å². The zero-order chi connectivity index (χ0) is 11.5. The number of nitrogens with one attached hydrogen (secondary N) is 1. The van der Waals surface area contributed by atoms with E-state index >= 15 is 0 Å². The summed E-state index contributed by atoms with van der Waals surface area (Å²) in [6, 6.07) is 2.44. The summed E-state index contributed by atoms with van der Waals surface area (Å²) in [5, 5.41) is 2.10. The van der Waals surface area contributed by atoms with Crippen molar-refractivity contribution in [2.24, 2.45) is 11.3 Å². The van der Waals surface area contributed by atoms with Crippen molar-refractivity contribution in [1.82, 2.24) is 5.43 Å². The molecule has 1 heterocycles. The highest BCUT2D eigenvalue weighted by molar-refractivity contribution is 9.10. The van der Waals surface area contributed by atoms with Crippen molar-refractivity contribution >= 4 is 27.3 Å². The third-order valence-corrected chi connectivity index (χ3v) is 4.17. The molecule has 3 N–H and O–H groups in total. The molecule has 0 aliphatic carbocycles. The molecule has 0 amide bonds. The van der Waals surface area contributed by atoms with E-state index in [0.717, 1.165) is 12.8 Å². The van der Waals surface area contributed by atoms with Crippen LogP contribution in [0.3, 0.4) is 0 Å². The lowest BCUT2D eigenvalue weighted by Gasteiger charge is -2.25. The summed E-state index contributed by atoms with van der Waals surface area (Å²) in [6.07, 6.45) is 2.07. The SMILES string of the molecule is CC(C)(C)CC(Cc1sccc1Br)NN. The second-order valence-corrected chi connectivity index (χ2v) is 6.88. The van der Waals surface area contributed by atoms with Crippen molar-refractivity contribution in [1.29, 1.82) is 0 Å². The van der Waals surface area contributed by atoms with Crippen molar-refractivity contribution in [2.75, 3.05) is 0 Å². The van der Waals surface area contributed by atoms with Crippen LogP contribution in [0.25, 0.3) is 0 Å². The van der Waals surface area contributed by atoms with Crippen LogP contribution in [-0.4, -0.2) is 6.04 Å². The van der Waals surface area contributed by atoms with Crippen LogP contribution in [0.1, 0.15) is 32.1 Å². The molecule has 0 saturated heterocycles. The van der Waals surface area contributed by atoms with Gasteiger partial charge in [-0.2, -0.15) is 0 Å². The lowest BCUT2D eigenvalue weighted by Crippen LogP contribution is -2.39. The monoisotopic (exact) mass is 290 g/mol. The molecule has 0 fully saturated rings. The molecule has 0 aromatic carbocycles. The summed E-state index contributed by atoms with van der Waals surface area (Å²) in [5.41, 5.74) is 3.22. The van der Waals surface area contributed by atoms with Gasteiger partial charge in [0.15, 0.2) is 0 Å². The second kappa shape index (κ2) is 5.43. The van der Waals surface area contributed by atoms with Crippen molar-refractivity contribution in [3.8, 4) is 0 Å². The third-order valence-electron chi connectivity index (χ3n) is 2.22. The summed E-state index contributed by atoms with van der Waals surface area (Å²) >= 11 is 5.32. The van der Waals surface area contributed by atoms with Gasteiger partial charge in [-0.15, -0.1) is 11.3 Å². The van der Waals surface area contributed by atoms with E-state index < -0.39 is 0 Å². The van der Waals surface area contributed by atoms with Crippen LogP contribution < -0.4 is 11.3 Å². The summed E-state index contributed by atoms with van der Waals surface area (Å²) in [6.45, 7) is 6.71. The molecule has 0 bridgehead atoms. The fourth-order valence-corrected chi connectivity index (χ4v) is 3.22. The van der Waals surface area contributed by atoms with Gasteiger partial charge in [0.25, 0.3) is 0 Å². The van der Waals surface area contributed by atoms with E-state index in [4.69, 9.17) is 5.84 Å². The fourth-order valence-electron chi connectivity index (χ4n) is 1.62. The van der Waals surface area contributed by atoms with Crippen LogP contribution in [0, 0.1) is 5.41 Å². The quantitative estimate of drug-likeness (QED) is 0.659. The van der Waals surface area contributed by atoms with Gasteiger partial charge in [0.2, 0.25) is 0 Å². The minimum atomic E-state index is 0.306. The van der Waals surface area contributed by atoms with Gasteiger partial charge >= 0.3 is 0 Å². The molecule has 1 rings (SSSR count). The molecular weight excluding hydrogens is 272 g/mol. The van der Waals surface area contributed by atoms with Gasteiger partial charge in [-0.1, -0.05) is 20.8 Å². The fraction of sp³-hybridized carbons (Fsp3) is 0.636. The molecule has 1 aromatic heterocycles. The van der Waals surface area contributed by atoms with E-state index in [-0.39, 0.29) is 0 Å². The van der Waals surface area contributed by atoms with Crippen LogP contribution in [0.5, 0.6) is 0 Å². The molecule has 0 aliphatic rings. The smallest absolute Gasteiger partial charge is 0.0314 e. The maximum atomic E-state index is 5.59. The van der Waals surface area contributed by atoms with Crippen molar-refractivity contribution in [3.63, 3.8) is 0 Å². The standard InChI is InChI=1S/C11H19BrN2S/c1-11(2,3)7-8(14-13)6-10-9(12)4-5-15-10/h4-5,8,14H,6-7,13H2,1-3H3. The average molecular weight is 291 g/mol. The minimum absolute atomic E-state index is 0.306. The van der Waals surface area contributed by atoms with Crippen molar-refractivity contribution < 1.29 is 0 Å². The lowest BCUT2D eigenvalue weighted by atomic mass is 9.87. The number of rotatable bonds is 4. The Morgan fingerprint density at radius 3 is 2.60 bits per heavy atom. The van der Waals surface area contributed by atoms with Crippen LogP contribution in [0.2, 0.25) is 0 Å². The Bertz CT molecular complexity index is 304. The van der Waals surface area contributed by atoms with Crippen LogP contribution >= 0.6 is 27.3 Å². The van der Waals surface area contributed by atoms with Crippen LogP contribution in [0.15, 0.2) is 15.9 Å². The van der Waals surface area contributed by atoms with Gasteiger partial charge in [-0.25, -0.2) is 0 Å². The van der Waals surface area contributed by atoms with Crippen molar-refractivity contribution in [3.05, 3.63) is 20.8 Å². The van der Waals surface area contributed by atoms with Gasteiger partial charge < -0.3 is 0 Å². The van der Waals surface area contributed by atoms with E-state index in [9.17, 15) is 0 Å². The first-order valence-electron chi connectivity index (χ1n) is 5.10. The highest BCUT2D eigenvalue weighted by atomic mass is 79.9. The Kier molecular flexibility index (Phi) is 4.77. The molecular formula is C11H19BrN2S. The highest BCUT2D eigenvalue weighted by Gasteiger charge is 2.19. The number of thiophene rings is 1. The molecule has 0 aliphatic heterocycles. The van der Waals surface area contributed by atoms with E-state index in [2.05, 4.69) is 53.6 Å². The van der Waals surface area contributed by atoms with Gasteiger partial charge in [-0.3, -0.25) is 11.3 Å². The Labute approximate surface area is 104 Å². The minimum Gasteiger partial charge on any atom is -0.271 e. The molecule has 4 heteroatoms. The Balaban J connectivity index is 2.58. The predicted molar refractivity (Wildman–Crippen MR) is 70.9 cm³/mol. The van der Waals surface area contributed by atoms with Gasteiger partial charge in [-0.05, 0) is 45.6 Å². The largest absolute Gasteiger partial charge is 0.271 e. The number of nitrogens with two attached hydrogens (primary N) is 1. The Morgan fingerprint density at radius 1 is 1.53 bits per heavy atom. The average Bonchev–Trinajstić information content (AvgIpc) is 2.48. The molecule has 15 heavy (non-hydrogen) atoms. The molecule has 86 valence electrons. The summed E-state index contributed by atoms with van der Waals surface area (Å²) in [5.74, 6) is 5.59. The normalized spacial score (nSPS) is 14.2. The maximum Gasteiger partial charge on any atom is 0.0314 e. The predicted octanol–water partition coefficient (Wildman–Crippen LogP) is 3.32. The zero-order valence-corrected chi connectivity index (χ0v) is 11.9. The molecule has 0 spiro atoms. The third kappa shape index (κ3) is 4.64. The van der Waals surface area contributed by atoms with E-state index in [0.29, 0.717) is 11.5 Å². The van der Waals surface area contributed by atoms with Crippen LogP contribution in [-0.2, 0) is 6.42 Å².